The van der Waals surface area contributed by atoms with Gasteiger partial charge in [-0.2, -0.15) is 0 Å². The van der Waals surface area contributed by atoms with Crippen molar-refractivity contribution in [2.24, 2.45) is 0 Å². The Balaban J connectivity index is 2.04. The molecule has 2 aromatic carbocycles. The van der Waals surface area contributed by atoms with Gasteiger partial charge in [-0.25, -0.2) is 0 Å². The van der Waals surface area contributed by atoms with Gasteiger partial charge in [0.15, 0.2) is 5.78 Å². The lowest BCUT2D eigenvalue weighted by Crippen LogP contribution is -2.25. The number of nitrogens with zero attached hydrogens (tertiary/aromatic N) is 2. The van der Waals surface area contributed by atoms with Gasteiger partial charge in [0.2, 0.25) is 0 Å². The number of hydrogen-bond donors (Lipinski definition) is 0. The molecule has 0 bridgehead atoms. The number of ketones is 1. The number of carbonyl (C=O) groups is 1. The van der Waals surface area contributed by atoms with Gasteiger partial charge in [0.05, 0.1) is 0 Å². The second kappa shape index (κ2) is 12.2. The topological polar surface area (TPSA) is 23.6 Å². The summed E-state index contributed by atoms with van der Waals surface area (Å²) in [7, 11) is 4.06. The maximum Gasteiger partial charge on any atom is 0.185 e. The van der Waals surface area contributed by atoms with Crippen molar-refractivity contribution in [2.75, 3.05) is 32.1 Å². The zero-order valence-corrected chi connectivity index (χ0v) is 18.5. The van der Waals surface area contributed by atoms with E-state index in [1.54, 1.807) is 6.08 Å². The molecule has 0 unspecified atom stereocenters. The molecule has 0 aromatic heterocycles. The van der Waals surface area contributed by atoms with Crippen LogP contribution in [0.25, 0.3) is 6.08 Å². The largest absolute Gasteiger partial charge is 0.372 e. The smallest absolute Gasteiger partial charge is 0.185 e. The number of benzene rings is 2. The zero-order chi connectivity index (χ0) is 21.1. The van der Waals surface area contributed by atoms with Crippen LogP contribution in [0.4, 0.5) is 5.69 Å². The molecule has 2 aromatic rings. The van der Waals surface area contributed by atoms with Crippen molar-refractivity contribution in [3.63, 3.8) is 0 Å². The highest BCUT2D eigenvalue weighted by Crippen LogP contribution is 2.18. The summed E-state index contributed by atoms with van der Waals surface area (Å²) >= 11 is 0. The number of unbranched alkanes of at least 4 members (excludes halogenated alkanes) is 2. The Hall–Kier alpha value is -2.39. The van der Waals surface area contributed by atoms with E-state index >= 15 is 0 Å². The third kappa shape index (κ3) is 7.86. The molecule has 0 atom stereocenters. The van der Waals surface area contributed by atoms with Crippen LogP contribution in [0.15, 0.2) is 54.6 Å². The molecule has 0 N–H and O–H groups in total. The van der Waals surface area contributed by atoms with Gasteiger partial charge in [0.25, 0.3) is 0 Å². The first kappa shape index (κ1) is 22.9. The molecule has 2 rings (SSSR count). The van der Waals surface area contributed by atoms with Gasteiger partial charge in [0, 0.05) is 30.9 Å². The van der Waals surface area contributed by atoms with Crippen molar-refractivity contribution >= 4 is 17.5 Å². The Bertz CT molecular complexity index is 770. The van der Waals surface area contributed by atoms with E-state index in [4.69, 9.17) is 0 Å². The van der Waals surface area contributed by atoms with E-state index in [2.05, 4.69) is 54.0 Å². The minimum absolute atomic E-state index is 0.0437. The molecular weight excluding hydrogens is 356 g/mol. The van der Waals surface area contributed by atoms with E-state index < -0.39 is 0 Å². The van der Waals surface area contributed by atoms with Gasteiger partial charge in [-0.15, -0.1) is 0 Å². The van der Waals surface area contributed by atoms with Crippen LogP contribution in [0.2, 0.25) is 0 Å². The maximum absolute atomic E-state index is 12.6. The predicted octanol–water partition coefficient (Wildman–Crippen LogP) is 6.05. The summed E-state index contributed by atoms with van der Waals surface area (Å²) in [5.74, 6) is 0.0437. The van der Waals surface area contributed by atoms with Gasteiger partial charge in [-0.1, -0.05) is 63.1 Å². The fraction of sp³-hybridized carbons (Fsp3) is 0.423. The fourth-order valence-corrected chi connectivity index (χ4v) is 3.32. The van der Waals surface area contributed by atoms with E-state index in [9.17, 15) is 4.79 Å². The fourth-order valence-electron chi connectivity index (χ4n) is 3.32. The third-order valence-electron chi connectivity index (χ3n) is 4.96. The van der Waals surface area contributed by atoms with Crippen LogP contribution in [-0.2, 0) is 6.54 Å². The van der Waals surface area contributed by atoms with Crippen LogP contribution in [0.1, 0.15) is 61.0 Å². The first-order chi connectivity index (χ1) is 14.0. The van der Waals surface area contributed by atoms with Crippen molar-refractivity contribution in [1.29, 1.82) is 0 Å². The number of anilines is 1. The summed E-state index contributed by atoms with van der Waals surface area (Å²) in [6.45, 7) is 7.51. The van der Waals surface area contributed by atoms with Gasteiger partial charge < -0.3 is 9.80 Å². The van der Waals surface area contributed by atoms with Gasteiger partial charge in [0.1, 0.15) is 0 Å². The van der Waals surface area contributed by atoms with E-state index in [0.29, 0.717) is 0 Å². The molecule has 29 heavy (non-hydrogen) atoms. The van der Waals surface area contributed by atoms with Crippen LogP contribution >= 0.6 is 0 Å². The summed E-state index contributed by atoms with van der Waals surface area (Å²) < 4.78 is 0. The van der Waals surface area contributed by atoms with Crippen LogP contribution < -0.4 is 4.90 Å². The summed E-state index contributed by atoms with van der Waals surface area (Å²) in [4.78, 5) is 17.1. The second-order valence-corrected chi connectivity index (χ2v) is 7.92. The second-order valence-electron chi connectivity index (χ2n) is 7.92. The standard InChI is InChI=1S/C26H36N2O/c1-5-7-18-28(19-8-6-2)25-15-12-22(13-16-25)14-17-26(29)24-11-9-10-23(20-24)21-27(3)4/h9-17,20H,5-8,18-19,21H2,1-4H3/b17-14+. The molecule has 0 saturated carbocycles. The SMILES string of the molecule is CCCCN(CCCC)c1ccc(/C=C/C(=O)c2cccc(CN(C)C)c2)cc1. The first-order valence-electron chi connectivity index (χ1n) is 10.8. The molecule has 0 aliphatic rings. The van der Waals surface area contributed by atoms with Crippen LogP contribution in [0.5, 0.6) is 0 Å². The summed E-state index contributed by atoms with van der Waals surface area (Å²) in [6, 6.07) is 16.4. The summed E-state index contributed by atoms with van der Waals surface area (Å²) in [5, 5.41) is 0. The van der Waals surface area contributed by atoms with Crippen LogP contribution in [-0.4, -0.2) is 37.9 Å². The Morgan fingerprint density at radius 3 is 2.17 bits per heavy atom. The molecule has 3 heteroatoms. The van der Waals surface area contributed by atoms with Crippen molar-refractivity contribution in [3.05, 3.63) is 71.3 Å². The van der Waals surface area contributed by atoms with Crippen molar-refractivity contribution < 1.29 is 4.79 Å². The third-order valence-corrected chi connectivity index (χ3v) is 4.96. The van der Waals surface area contributed by atoms with E-state index in [-0.39, 0.29) is 5.78 Å². The van der Waals surface area contributed by atoms with Crippen LogP contribution in [0.3, 0.4) is 0 Å². The van der Waals surface area contributed by atoms with Gasteiger partial charge >= 0.3 is 0 Å². The Morgan fingerprint density at radius 1 is 0.931 bits per heavy atom. The lowest BCUT2D eigenvalue weighted by molar-refractivity contribution is 0.104. The minimum Gasteiger partial charge on any atom is -0.372 e. The van der Waals surface area contributed by atoms with Crippen molar-refractivity contribution in [3.8, 4) is 0 Å². The highest BCUT2D eigenvalue weighted by molar-refractivity contribution is 6.06. The molecule has 0 spiro atoms. The number of hydrogen-bond acceptors (Lipinski definition) is 3. The highest BCUT2D eigenvalue weighted by Gasteiger charge is 2.06. The van der Waals surface area contributed by atoms with E-state index in [1.165, 1.54) is 31.4 Å². The molecule has 0 aliphatic heterocycles. The molecule has 0 amide bonds. The first-order valence-corrected chi connectivity index (χ1v) is 10.8. The molecular formula is C26H36N2O. The number of carbonyl (C=O) groups excluding carboxylic acids is 1. The van der Waals surface area contributed by atoms with Crippen molar-refractivity contribution in [2.45, 2.75) is 46.1 Å². The quantitative estimate of drug-likeness (QED) is 0.324. The van der Waals surface area contributed by atoms with Crippen molar-refractivity contribution in [1.82, 2.24) is 4.90 Å². The number of rotatable bonds is 12. The van der Waals surface area contributed by atoms with E-state index in [0.717, 1.165) is 36.3 Å². The number of allylic oxidation sites excluding steroid dienone is 1. The monoisotopic (exact) mass is 392 g/mol. The molecule has 0 fully saturated rings. The summed E-state index contributed by atoms with van der Waals surface area (Å²) in [6.07, 6.45) is 8.44. The lowest BCUT2D eigenvalue weighted by Gasteiger charge is -2.24. The van der Waals surface area contributed by atoms with Crippen LogP contribution in [0, 0.1) is 0 Å². The normalized spacial score (nSPS) is 11.3. The molecule has 0 radical (unpaired) electrons. The van der Waals surface area contributed by atoms with E-state index in [1.807, 2.05) is 38.4 Å². The zero-order valence-electron chi connectivity index (χ0n) is 18.5. The average Bonchev–Trinajstić information content (AvgIpc) is 2.72. The molecule has 0 saturated heterocycles. The summed E-state index contributed by atoms with van der Waals surface area (Å²) in [5.41, 5.74) is 4.21. The predicted molar refractivity (Wildman–Crippen MR) is 126 cm³/mol. The Kier molecular flexibility index (Phi) is 9.66. The molecule has 0 aliphatic carbocycles. The lowest BCUT2D eigenvalue weighted by atomic mass is 10.1. The van der Waals surface area contributed by atoms with Gasteiger partial charge in [-0.3, -0.25) is 4.79 Å². The average molecular weight is 393 g/mol. The molecule has 156 valence electrons. The highest BCUT2D eigenvalue weighted by atomic mass is 16.1. The molecule has 0 heterocycles. The molecule has 3 nitrogen and oxygen atoms in total. The Morgan fingerprint density at radius 2 is 1.59 bits per heavy atom. The maximum atomic E-state index is 12.6. The minimum atomic E-state index is 0.0437. The Labute approximate surface area is 177 Å². The van der Waals surface area contributed by atoms with Gasteiger partial charge in [-0.05, 0) is 62.3 Å².